The number of nitrogens with zero attached hydrogens (tertiary/aromatic N) is 2. The van der Waals surface area contributed by atoms with Crippen molar-refractivity contribution >= 4 is 27.9 Å². The van der Waals surface area contributed by atoms with E-state index in [9.17, 15) is 4.79 Å². The topological polar surface area (TPSA) is 82.2 Å². The summed E-state index contributed by atoms with van der Waals surface area (Å²) in [4.78, 5) is 14.5. The molecule has 2 heterocycles. The van der Waals surface area contributed by atoms with Crippen LogP contribution >= 0.6 is 11.3 Å². The van der Waals surface area contributed by atoms with Crippen molar-refractivity contribution in [2.45, 2.75) is 19.3 Å². The maximum absolute atomic E-state index is 11.9. The molecule has 0 bridgehead atoms. The van der Waals surface area contributed by atoms with Crippen molar-refractivity contribution in [3.63, 3.8) is 0 Å². The Kier molecular flexibility index (Phi) is 3.72. The van der Waals surface area contributed by atoms with Crippen LogP contribution in [-0.2, 0) is 0 Å². The van der Waals surface area contributed by atoms with E-state index in [-0.39, 0.29) is 5.91 Å². The minimum Gasteiger partial charge on any atom is -0.396 e. The van der Waals surface area contributed by atoms with Gasteiger partial charge in [0, 0.05) is 20.1 Å². The highest BCUT2D eigenvalue weighted by atomic mass is 32.1. The minimum absolute atomic E-state index is 0.217. The number of piperidine rings is 1. The molecule has 1 aliphatic rings. The number of amides is 1. The van der Waals surface area contributed by atoms with E-state index >= 15 is 0 Å². The monoisotopic (exact) mass is 264 g/mol. The van der Waals surface area contributed by atoms with Gasteiger partial charge in [-0.3, -0.25) is 4.79 Å². The van der Waals surface area contributed by atoms with E-state index in [0.717, 1.165) is 30.9 Å². The Morgan fingerprint density at radius 1 is 1.44 bits per heavy atom. The normalized spacial score (nSPS) is 15.2. The number of anilines is 2. The molecule has 0 aromatic carbocycles. The molecule has 18 heavy (non-hydrogen) atoms. The molecule has 5 nitrogen and oxygen atoms in total. The van der Waals surface area contributed by atoms with E-state index in [0.29, 0.717) is 16.1 Å². The first-order valence-corrected chi connectivity index (χ1v) is 6.80. The third kappa shape index (κ3) is 2.14. The molecule has 6 heteroatoms. The first kappa shape index (κ1) is 12.7. The highest BCUT2D eigenvalue weighted by molar-refractivity contribution is 7.17. The molecular formula is C12H16N4OS. The molecule has 1 aliphatic heterocycles. The minimum atomic E-state index is -0.217. The molecule has 96 valence electrons. The third-order valence-corrected chi connectivity index (χ3v) is 4.30. The van der Waals surface area contributed by atoms with Crippen molar-refractivity contribution in [2.75, 3.05) is 30.8 Å². The number of hydrogen-bond donors (Lipinski definition) is 2. The number of nitrogen functional groups attached to an aromatic ring is 1. The molecular weight excluding hydrogens is 248 g/mol. The highest BCUT2D eigenvalue weighted by Crippen LogP contribution is 2.38. The van der Waals surface area contributed by atoms with Crippen molar-refractivity contribution in [1.82, 2.24) is 5.32 Å². The second kappa shape index (κ2) is 5.27. The Balaban J connectivity index is 2.45. The van der Waals surface area contributed by atoms with Gasteiger partial charge in [-0.05, 0) is 19.3 Å². The smallest absolute Gasteiger partial charge is 0.256 e. The number of nitrogens with two attached hydrogens (primary N) is 1. The summed E-state index contributed by atoms with van der Waals surface area (Å²) in [6, 6.07) is 2.06. The first-order valence-electron chi connectivity index (χ1n) is 5.98. The zero-order chi connectivity index (χ0) is 13.1. The third-order valence-electron chi connectivity index (χ3n) is 3.13. The van der Waals surface area contributed by atoms with Gasteiger partial charge in [0.25, 0.3) is 5.91 Å². The maximum atomic E-state index is 11.9. The Bertz CT molecular complexity index is 497. The van der Waals surface area contributed by atoms with Crippen LogP contribution in [0, 0.1) is 11.3 Å². The number of nitriles is 1. The number of carbonyl (C=O) groups excluding carboxylic acids is 1. The molecule has 2 rings (SSSR count). The molecule has 1 aromatic heterocycles. The number of carbonyl (C=O) groups is 1. The number of thiophene rings is 1. The van der Waals surface area contributed by atoms with Crippen LogP contribution in [0.25, 0.3) is 0 Å². The molecule has 1 saturated heterocycles. The SMILES string of the molecule is CNC(=O)c1c(N2CCCCC2)sc(C#N)c1N. The number of hydrogen-bond acceptors (Lipinski definition) is 5. The molecule has 0 radical (unpaired) electrons. The summed E-state index contributed by atoms with van der Waals surface area (Å²) in [5.41, 5.74) is 6.67. The van der Waals surface area contributed by atoms with E-state index in [1.807, 2.05) is 0 Å². The Morgan fingerprint density at radius 3 is 2.67 bits per heavy atom. The molecule has 0 saturated carbocycles. The zero-order valence-corrected chi connectivity index (χ0v) is 11.1. The van der Waals surface area contributed by atoms with Gasteiger partial charge in [-0.15, -0.1) is 11.3 Å². The van der Waals surface area contributed by atoms with Gasteiger partial charge in [0.2, 0.25) is 0 Å². The van der Waals surface area contributed by atoms with Crippen LogP contribution in [0.1, 0.15) is 34.5 Å². The standard InChI is InChI=1S/C12H16N4OS/c1-15-11(17)9-10(14)8(7-13)18-12(9)16-5-3-2-4-6-16/h2-6,14H2,1H3,(H,15,17). The Hall–Kier alpha value is -1.74. The van der Waals surface area contributed by atoms with Crippen LogP contribution in [0.15, 0.2) is 0 Å². The van der Waals surface area contributed by atoms with Gasteiger partial charge in [-0.25, -0.2) is 0 Å². The second-order valence-corrected chi connectivity index (χ2v) is 5.26. The van der Waals surface area contributed by atoms with Crippen LogP contribution in [0.5, 0.6) is 0 Å². The lowest BCUT2D eigenvalue weighted by molar-refractivity contribution is 0.0965. The van der Waals surface area contributed by atoms with Crippen molar-refractivity contribution in [2.24, 2.45) is 0 Å². The molecule has 1 aromatic rings. The van der Waals surface area contributed by atoms with E-state index < -0.39 is 0 Å². The Morgan fingerprint density at radius 2 is 2.11 bits per heavy atom. The average molecular weight is 264 g/mol. The summed E-state index contributed by atoms with van der Waals surface area (Å²) in [6.07, 6.45) is 3.46. The van der Waals surface area contributed by atoms with E-state index in [1.165, 1.54) is 17.8 Å². The van der Waals surface area contributed by atoms with E-state index in [4.69, 9.17) is 11.0 Å². The Labute approximate surface area is 110 Å². The fraction of sp³-hybridized carbons (Fsp3) is 0.500. The molecule has 0 unspecified atom stereocenters. The summed E-state index contributed by atoms with van der Waals surface area (Å²) in [5, 5.41) is 12.5. The van der Waals surface area contributed by atoms with Gasteiger partial charge in [-0.2, -0.15) is 5.26 Å². The van der Waals surface area contributed by atoms with Gasteiger partial charge in [0.05, 0.1) is 11.3 Å². The van der Waals surface area contributed by atoms with Crippen LogP contribution in [0.4, 0.5) is 10.7 Å². The molecule has 1 fully saturated rings. The van der Waals surface area contributed by atoms with Crippen molar-refractivity contribution < 1.29 is 4.79 Å². The van der Waals surface area contributed by atoms with Gasteiger partial charge in [-0.1, -0.05) is 0 Å². The summed E-state index contributed by atoms with van der Waals surface area (Å²) in [6.45, 7) is 1.85. The van der Waals surface area contributed by atoms with Crippen LogP contribution in [0.2, 0.25) is 0 Å². The number of nitrogens with one attached hydrogen (secondary N) is 1. The van der Waals surface area contributed by atoms with Crippen LogP contribution in [0.3, 0.4) is 0 Å². The molecule has 0 atom stereocenters. The largest absolute Gasteiger partial charge is 0.396 e. The highest BCUT2D eigenvalue weighted by Gasteiger charge is 2.25. The summed E-state index contributed by atoms with van der Waals surface area (Å²) >= 11 is 1.32. The number of rotatable bonds is 2. The van der Waals surface area contributed by atoms with E-state index in [1.54, 1.807) is 7.05 Å². The summed E-state index contributed by atoms with van der Waals surface area (Å²) in [5.74, 6) is -0.217. The fourth-order valence-electron chi connectivity index (χ4n) is 2.18. The van der Waals surface area contributed by atoms with Gasteiger partial charge in [0.1, 0.15) is 15.9 Å². The maximum Gasteiger partial charge on any atom is 0.256 e. The van der Waals surface area contributed by atoms with Crippen LogP contribution < -0.4 is 16.0 Å². The lowest BCUT2D eigenvalue weighted by Crippen LogP contribution is -2.31. The second-order valence-electron chi connectivity index (χ2n) is 4.26. The summed E-state index contributed by atoms with van der Waals surface area (Å²) in [7, 11) is 1.57. The van der Waals surface area contributed by atoms with Gasteiger partial charge >= 0.3 is 0 Å². The molecule has 0 spiro atoms. The predicted octanol–water partition coefficient (Wildman–Crippen LogP) is 1.55. The van der Waals surface area contributed by atoms with Crippen molar-refractivity contribution in [1.29, 1.82) is 5.26 Å². The van der Waals surface area contributed by atoms with E-state index in [2.05, 4.69) is 16.3 Å². The van der Waals surface area contributed by atoms with Gasteiger partial charge < -0.3 is 16.0 Å². The average Bonchev–Trinajstić information content (AvgIpc) is 2.76. The first-order chi connectivity index (χ1) is 8.69. The summed E-state index contributed by atoms with van der Waals surface area (Å²) < 4.78 is 0. The van der Waals surface area contributed by atoms with Crippen molar-refractivity contribution in [3.05, 3.63) is 10.4 Å². The zero-order valence-electron chi connectivity index (χ0n) is 10.3. The molecule has 1 amide bonds. The predicted molar refractivity (Wildman–Crippen MR) is 72.9 cm³/mol. The molecule has 3 N–H and O–H groups in total. The lowest BCUT2D eigenvalue weighted by Gasteiger charge is -2.28. The van der Waals surface area contributed by atoms with Crippen molar-refractivity contribution in [3.8, 4) is 6.07 Å². The fourth-order valence-corrected chi connectivity index (χ4v) is 3.25. The molecule has 0 aliphatic carbocycles. The van der Waals surface area contributed by atoms with Gasteiger partial charge in [0.15, 0.2) is 0 Å². The van der Waals surface area contributed by atoms with Crippen LogP contribution in [-0.4, -0.2) is 26.0 Å². The lowest BCUT2D eigenvalue weighted by atomic mass is 10.1. The quantitative estimate of drug-likeness (QED) is 0.849.